The third-order valence-electron chi connectivity index (χ3n) is 4.12. The van der Waals surface area contributed by atoms with Gasteiger partial charge in [-0.25, -0.2) is 4.39 Å². The fourth-order valence-electron chi connectivity index (χ4n) is 2.69. The Balaban J connectivity index is 1.39. The van der Waals surface area contributed by atoms with Crippen LogP contribution in [0.2, 0.25) is 0 Å². The number of benzene rings is 1. The van der Waals surface area contributed by atoms with Gasteiger partial charge in [0.25, 0.3) is 5.91 Å². The van der Waals surface area contributed by atoms with E-state index in [2.05, 4.69) is 10.00 Å². The number of halogens is 1. The zero-order valence-electron chi connectivity index (χ0n) is 13.5. The average molecular weight is 332 g/mol. The summed E-state index contributed by atoms with van der Waals surface area (Å²) < 4.78 is 20.7. The van der Waals surface area contributed by atoms with Crippen molar-refractivity contribution in [2.75, 3.05) is 39.3 Å². The monoisotopic (exact) mass is 332 g/mol. The van der Waals surface area contributed by atoms with E-state index in [4.69, 9.17) is 4.74 Å². The lowest BCUT2D eigenvalue weighted by atomic mass is 10.3. The molecule has 0 aliphatic carbocycles. The highest BCUT2D eigenvalue weighted by molar-refractivity contribution is 5.77. The highest BCUT2D eigenvalue weighted by Crippen LogP contribution is 2.15. The minimum atomic E-state index is -0.450. The Kier molecular flexibility index (Phi) is 5.43. The number of amides is 1. The number of ether oxygens (including phenoxy) is 1. The summed E-state index contributed by atoms with van der Waals surface area (Å²) in [5.74, 6) is -0.442. The highest BCUT2D eigenvalue weighted by atomic mass is 19.1. The summed E-state index contributed by atoms with van der Waals surface area (Å²) >= 11 is 0. The summed E-state index contributed by atoms with van der Waals surface area (Å²) in [6, 6.07) is 8.02. The van der Waals surface area contributed by atoms with E-state index in [-0.39, 0.29) is 18.3 Å². The van der Waals surface area contributed by atoms with Crippen LogP contribution in [0.5, 0.6) is 5.75 Å². The van der Waals surface area contributed by atoms with Gasteiger partial charge in [0.1, 0.15) is 0 Å². The van der Waals surface area contributed by atoms with E-state index in [0.29, 0.717) is 13.1 Å². The van der Waals surface area contributed by atoms with E-state index < -0.39 is 5.82 Å². The molecule has 0 unspecified atom stereocenters. The minimum Gasteiger partial charge on any atom is -0.481 e. The molecule has 0 atom stereocenters. The van der Waals surface area contributed by atoms with Crippen molar-refractivity contribution in [3.05, 3.63) is 48.5 Å². The fraction of sp³-hybridized carbons (Fsp3) is 0.412. The quantitative estimate of drug-likeness (QED) is 0.799. The summed E-state index contributed by atoms with van der Waals surface area (Å²) in [4.78, 5) is 16.3. The van der Waals surface area contributed by atoms with Crippen molar-refractivity contribution in [2.24, 2.45) is 0 Å². The molecule has 1 aliphatic heterocycles. The largest absolute Gasteiger partial charge is 0.481 e. The van der Waals surface area contributed by atoms with Crippen LogP contribution in [0.4, 0.5) is 4.39 Å². The van der Waals surface area contributed by atoms with Gasteiger partial charge in [-0.05, 0) is 18.2 Å². The molecule has 0 saturated carbocycles. The summed E-state index contributed by atoms with van der Waals surface area (Å²) in [6.07, 6.45) is 3.71. The Morgan fingerprint density at radius 3 is 2.62 bits per heavy atom. The van der Waals surface area contributed by atoms with E-state index in [1.54, 1.807) is 23.2 Å². The molecule has 2 heterocycles. The molecule has 1 fully saturated rings. The second kappa shape index (κ2) is 7.92. The van der Waals surface area contributed by atoms with Crippen molar-refractivity contribution in [3.63, 3.8) is 0 Å². The van der Waals surface area contributed by atoms with Gasteiger partial charge in [-0.15, -0.1) is 0 Å². The summed E-state index contributed by atoms with van der Waals surface area (Å²) in [5, 5.41) is 4.18. The molecule has 1 aliphatic rings. The standard InChI is InChI=1S/C17H21FN4O2/c18-15-4-1-2-5-16(15)24-14-17(23)21-11-8-20(9-12-21)10-13-22-7-3-6-19-22/h1-7H,8-14H2. The van der Waals surface area contributed by atoms with Gasteiger partial charge in [-0.2, -0.15) is 5.10 Å². The topological polar surface area (TPSA) is 50.6 Å². The van der Waals surface area contributed by atoms with Crippen molar-refractivity contribution >= 4 is 5.91 Å². The molecule has 0 N–H and O–H groups in total. The molecule has 1 aromatic carbocycles. The molecule has 1 aromatic heterocycles. The first kappa shape index (κ1) is 16.4. The van der Waals surface area contributed by atoms with E-state index in [0.717, 1.165) is 26.2 Å². The van der Waals surface area contributed by atoms with Crippen LogP contribution in [0.25, 0.3) is 0 Å². The van der Waals surface area contributed by atoms with Gasteiger partial charge in [-0.3, -0.25) is 14.4 Å². The van der Waals surface area contributed by atoms with Gasteiger partial charge in [0.15, 0.2) is 18.2 Å². The van der Waals surface area contributed by atoms with E-state index in [1.165, 1.54) is 12.1 Å². The van der Waals surface area contributed by atoms with Gasteiger partial charge < -0.3 is 9.64 Å². The van der Waals surface area contributed by atoms with Crippen LogP contribution in [-0.2, 0) is 11.3 Å². The van der Waals surface area contributed by atoms with Gasteiger partial charge in [0.05, 0.1) is 6.54 Å². The molecular weight excluding hydrogens is 311 g/mol. The number of carbonyl (C=O) groups is 1. The molecule has 0 radical (unpaired) electrons. The van der Waals surface area contributed by atoms with Crippen molar-refractivity contribution in [1.82, 2.24) is 19.6 Å². The van der Waals surface area contributed by atoms with Crippen molar-refractivity contribution in [3.8, 4) is 5.75 Å². The summed E-state index contributed by atoms with van der Waals surface area (Å²) in [5.41, 5.74) is 0. The number of nitrogens with zero attached hydrogens (tertiary/aromatic N) is 4. The minimum absolute atomic E-state index is 0.107. The first-order chi connectivity index (χ1) is 11.7. The number of carbonyl (C=O) groups excluding carboxylic acids is 1. The Morgan fingerprint density at radius 1 is 1.12 bits per heavy atom. The SMILES string of the molecule is O=C(COc1ccccc1F)N1CCN(CCn2cccn2)CC1. The first-order valence-corrected chi connectivity index (χ1v) is 8.07. The van der Waals surface area contributed by atoms with Crippen molar-refractivity contribution < 1.29 is 13.9 Å². The lowest BCUT2D eigenvalue weighted by Gasteiger charge is -2.34. The van der Waals surface area contributed by atoms with E-state index in [1.807, 2.05) is 16.9 Å². The normalized spacial score (nSPS) is 15.5. The van der Waals surface area contributed by atoms with Crippen molar-refractivity contribution in [2.45, 2.75) is 6.54 Å². The van der Waals surface area contributed by atoms with Crippen LogP contribution in [0.15, 0.2) is 42.7 Å². The average Bonchev–Trinajstić information content (AvgIpc) is 3.13. The molecule has 0 bridgehead atoms. The fourth-order valence-corrected chi connectivity index (χ4v) is 2.69. The number of para-hydroxylation sites is 1. The molecular formula is C17H21FN4O2. The van der Waals surface area contributed by atoms with Crippen molar-refractivity contribution in [1.29, 1.82) is 0 Å². The molecule has 2 aromatic rings. The van der Waals surface area contributed by atoms with Crippen LogP contribution in [-0.4, -0.2) is 64.8 Å². The third kappa shape index (κ3) is 4.32. The van der Waals surface area contributed by atoms with Gasteiger partial charge in [-0.1, -0.05) is 12.1 Å². The van der Waals surface area contributed by atoms with Gasteiger partial charge >= 0.3 is 0 Å². The molecule has 6 nitrogen and oxygen atoms in total. The van der Waals surface area contributed by atoms with Crippen LogP contribution in [0.1, 0.15) is 0 Å². The van der Waals surface area contributed by atoms with E-state index >= 15 is 0 Å². The predicted molar refractivity (Wildman–Crippen MR) is 87.1 cm³/mol. The Labute approximate surface area is 140 Å². The Morgan fingerprint density at radius 2 is 1.92 bits per heavy atom. The summed E-state index contributed by atoms with van der Waals surface area (Å²) in [6.45, 7) is 4.61. The second-order valence-electron chi connectivity index (χ2n) is 5.71. The van der Waals surface area contributed by atoms with Gasteiger partial charge in [0, 0.05) is 45.1 Å². The zero-order chi connectivity index (χ0) is 16.8. The van der Waals surface area contributed by atoms with Gasteiger partial charge in [0.2, 0.25) is 0 Å². The lowest BCUT2D eigenvalue weighted by molar-refractivity contribution is -0.135. The van der Waals surface area contributed by atoms with E-state index in [9.17, 15) is 9.18 Å². The molecule has 3 rings (SSSR count). The maximum Gasteiger partial charge on any atom is 0.260 e. The molecule has 24 heavy (non-hydrogen) atoms. The van der Waals surface area contributed by atoms with Crippen LogP contribution in [0.3, 0.4) is 0 Å². The van der Waals surface area contributed by atoms with Crippen LogP contribution < -0.4 is 4.74 Å². The molecule has 1 amide bonds. The Hall–Kier alpha value is -2.41. The Bertz CT molecular complexity index is 654. The second-order valence-corrected chi connectivity index (χ2v) is 5.71. The number of aromatic nitrogens is 2. The predicted octanol–water partition coefficient (Wildman–Crippen LogP) is 1.25. The smallest absolute Gasteiger partial charge is 0.260 e. The highest BCUT2D eigenvalue weighted by Gasteiger charge is 2.21. The third-order valence-corrected chi connectivity index (χ3v) is 4.12. The molecule has 128 valence electrons. The number of hydrogen-bond donors (Lipinski definition) is 0. The first-order valence-electron chi connectivity index (χ1n) is 8.07. The maximum atomic E-state index is 13.5. The zero-order valence-corrected chi connectivity index (χ0v) is 13.5. The molecule has 1 saturated heterocycles. The maximum absolute atomic E-state index is 13.5. The summed E-state index contributed by atoms with van der Waals surface area (Å²) in [7, 11) is 0. The molecule has 7 heteroatoms. The number of rotatable bonds is 6. The van der Waals surface area contributed by atoms with Crippen LogP contribution in [0, 0.1) is 5.82 Å². The molecule has 0 spiro atoms. The van der Waals surface area contributed by atoms with Crippen LogP contribution >= 0.6 is 0 Å². The number of hydrogen-bond acceptors (Lipinski definition) is 4. The number of piperazine rings is 1. The lowest BCUT2D eigenvalue weighted by Crippen LogP contribution is -2.50.